The van der Waals surface area contributed by atoms with E-state index in [0.717, 1.165) is 10.6 Å². The van der Waals surface area contributed by atoms with Crippen molar-refractivity contribution in [3.63, 3.8) is 0 Å². The number of anilines is 1. The van der Waals surface area contributed by atoms with Gasteiger partial charge in [-0.05, 0) is 19.1 Å². The van der Waals surface area contributed by atoms with Gasteiger partial charge in [0.2, 0.25) is 4.96 Å². The zero-order chi connectivity index (χ0) is 24.2. The van der Waals surface area contributed by atoms with Crippen molar-refractivity contribution in [2.24, 2.45) is 0 Å². The first kappa shape index (κ1) is 23.0. The Labute approximate surface area is 206 Å². The maximum absolute atomic E-state index is 12.8. The van der Waals surface area contributed by atoms with Crippen LogP contribution in [0.5, 0.6) is 5.75 Å². The maximum Gasteiger partial charge on any atom is 0.322 e. The number of benzene rings is 2. The zero-order valence-electron chi connectivity index (χ0n) is 19.4. The lowest BCUT2D eigenvalue weighted by atomic mass is 10.2. The van der Waals surface area contributed by atoms with Gasteiger partial charge in [0.25, 0.3) is 5.56 Å². The van der Waals surface area contributed by atoms with E-state index < -0.39 is 0 Å². The molecular formula is C25H26N6O3S. The van der Waals surface area contributed by atoms with Crippen molar-refractivity contribution < 1.29 is 9.53 Å². The molecule has 1 aliphatic rings. The summed E-state index contributed by atoms with van der Waals surface area (Å²) >= 11 is 1.40. The largest absolute Gasteiger partial charge is 0.492 e. The predicted molar refractivity (Wildman–Crippen MR) is 136 cm³/mol. The van der Waals surface area contributed by atoms with Crippen LogP contribution < -0.4 is 15.6 Å². The van der Waals surface area contributed by atoms with Gasteiger partial charge >= 0.3 is 6.03 Å². The van der Waals surface area contributed by atoms with Gasteiger partial charge in [-0.1, -0.05) is 53.8 Å². The second-order valence-corrected chi connectivity index (χ2v) is 9.13. The van der Waals surface area contributed by atoms with Gasteiger partial charge in [-0.15, -0.1) is 0 Å². The van der Waals surface area contributed by atoms with E-state index in [-0.39, 0.29) is 11.6 Å². The molecule has 2 aromatic heterocycles. The minimum Gasteiger partial charge on any atom is -0.492 e. The number of aromatic nitrogens is 3. The lowest BCUT2D eigenvalue weighted by Crippen LogP contribution is -2.49. The number of hydrogen-bond acceptors (Lipinski definition) is 7. The van der Waals surface area contributed by atoms with E-state index in [4.69, 9.17) is 4.74 Å². The smallest absolute Gasteiger partial charge is 0.322 e. The molecule has 0 atom stereocenters. The molecule has 0 saturated carbocycles. The highest BCUT2D eigenvalue weighted by molar-refractivity contribution is 7.19. The quantitative estimate of drug-likeness (QED) is 0.444. The second-order valence-electron chi connectivity index (χ2n) is 8.18. The van der Waals surface area contributed by atoms with E-state index in [2.05, 4.69) is 20.3 Å². The standard InChI is InChI=1S/C25H26N6O3S/c1-2-34-21-11-7-6-10-20(21)27-24(33)30-14-12-29(13-15-30)17-19-16-22(32)31-25(26-19)35-23(28-31)18-8-4-3-5-9-18/h3-11,16H,2,12-15,17H2,1H3,(H,27,33). The van der Waals surface area contributed by atoms with Crippen LogP contribution in [0.4, 0.5) is 10.5 Å². The Bertz CT molecular complexity index is 1380. The number of rotatable bonds is 6. The van der Waals surface area contributed by atoms with Gasteiger partial charge in [0.15, 0.2) is 0 Å². The maximum atomic E-state index is 12.8. The fourth-order valence-corrected chi connectivity index (χ4v) is 4.95. The average molecular weight is 491 g/mol. The topological polar surface area (TPSA) is 92.1 Å². The van der Waals surface area contributed by atoms with Crippen molar-refractivity contribution in [2.45, 2.75) is 13.5 Å². The van der Waals surface area contributed by atoms with Crippen LogP contribution in [0.2, 0.25) is 0 Å². The van der Waals surface area contributed by atoms with Crippen molar-refractivity contribution in [1.82, 2.24) is 24.4 Å². The van der Waals surface area contributed by atoms with Crippen LogP contribution in [0.25, 0.3) is 15.5 Å². The van der Waals surface area contributed by atoms with E-state index in [1.807, 2.05) is 61.5 Å². The first-order valence-electron chi connectivity index (χ1n) is 11.6. The van der Waals surface area contributed by atoms with Gasteiger partial charge in [-0.3, -0.25) is 9.69 Å². The van der Waals surface area contributed by atoms with Crippen molar-refractivity contribution in [2.75, 3.05) is 38.1 Å². The SMILES string of the molecule is CCOc1ccccc1NC(=O)N1CCN(Cc2cc(=O)n3nc(-c4ccccc4)sc3n2)CC1. The number of carbonyl (C=O) groups excluding carboxylic acids is 1. The Balaban J connectivity index is 1.21. The van der Waals surface area contributed by atoms with Crippen molar-refractivity contribution >= 4 is 28.0 Å². The second kappa shape index (κ2) is 10.2. The molecular weight excluding hydrogens is 464 g/mol. The van der Waals surface area contributed by atoms with E-state index >= 15 is 0 Å². The molecule has 0 aliphatic carbocycles. The van der Waals surface area contributed by atoms with Crippen LogP contribution in [0.15, 0.2) is 65.5 Å². The molecule has 180 valence electrons. The van der Waals surface area contributed by atoms with Crippen LogP contribution in [0, 0.1) is 0 Å². The summed E-state index contributed by atoms with van der Waals surface area (Å²) in [6.45, 7) is 5.55. The zero-order valence-corrected chi connectivity index (χ0v) is 20.2. The van der Waals surface area contributed by atoms with Gasteiger partial charge in [0, 0.05) is 44.4 Å². The van der Waals surface area contributed by atoms with E-state index in [1.165, 1.54) is 15.9 Å². The Morgan fingerprint density at radius 3 is 2.57 bits per heavy atom. The summed E-state index contributed by atoms with van der Waals surface area (Å²) in [5, 5.41) is 8.15. The lowest BCUT2D eigenvalue weighted by Gasteiger charge is -2.34. The summed E-state index contributed by atoms with van der Waals surface area (Å²) in [5.74, 6) is 0.660. The van der Waals surface area contributed by atoms with Crippen molar-refractivity contribution in [3.05, 3.63) is 76.7 Å². The molecule has 1 fully saturated rings. The van der Waals surface area contributed by atoms with E-state index in [0.29, 0.717) is 61.4 Å². The molecule has 5 rings (SSSR count). The number of urea groups is 1. The number of piperazine rings is 1. The molecule has 9 nitrogen and oxygen atoms in total. The first-order chi connectivity index (χ1) is 17.1. The molecule has 2 aromatic carbocycles. The summed E-state index contributed by atoms with van der Waals surface area (Å²) in [7, 11) is 0. The summed E-state index contributed by atoms with van der Waals surface area (Å²) in [4.78, 5) is 34.7. The highest BCUT2D eigenvalue weighted by Crippen LogP contribution is 2.25. The minimum absolute atomic E-state index is 0.146. The molecule has 2 amide bonds. The monoisotopic (exact) mass is 490 g/mol. The van der Waals surface area contributed by atoms with Gasteiger partial charge in [0.1, 0.15) is 10.8 Å². The number of carbonyl (C=O) groups is 1. The van der Waals surface area contributed by atoms with Crippen LogP contribution in [0.3, 0.4) is 0 Å². The number of ether oxygens (including phenoxy) is 1. The van der Waals surface area contributed by atoms with Crippen LogP contribution in [-0.2, 0) is 6.54 Å². The number of hydrogen-bond donors (Lipinski definition) is 1. The van der Waals surface area contributed by atoms with Crippen LogP contribution in [0.1, 0.15) is 12.6 Å². The minimum atomic E-state index is -0.186. The molecule has 3 heterocycles. The Kier molecular flexibility index (Phi) is 6.73. The summed E-state index contributed by atoms with van der Waals surface area (Å²) in [6.07, 6.45) is 0. The molecule has 1 saturated heterocycles. The first-order valence-corrected chi connectivity index (χ1v) is 12.4. The third kappa shape index (κ3) is 5.18. The number of amides is 2. The number of nitrogens with one attached hydrogen (secondary N) is 1. The Hall–Kier alpha value is -3.76. The predicted octanol–water partition coefficient (Wildman–Crippen LogP) is 3.57. The molecule has 1 aliphatic heterocycles. The van der Waals surface area contributed by atoms with Crippen molar-refractivity contribution in [3.8, 4) is 16.3 Å². The normalized spacial score (nSPS) is 14.3. The fourth-order valence-electron chi connectivity index (χ4n) is 4.02. The summed E-state index contributed by atoms with van der Waals surface area (Å²) in [6, 6.07) is 18.6. The van der Waals surface area contributed by atoms with Gasteiger partial charge in [-0.2, -0.15) is 9.61 Å². The molecule has 4 aromatic rings. The van der Waals surface area contributed by atoms with Gasteiger partial charge < -0.3 is 15.0 Å². The third-order valence-electron chi connectivity index (χ3n) is 5.79. The summed E-state index contributed by atoms with van der Waals surface area (Å²) in [5.41, 5.74) is 2.15. The third-order valence-corrected chi connectivity index (χ3v) is 6.75. The summed E-state index contributed by atoms with van der Waals surface area (Å²) < 4.78 is 6.96. The fraction of sp³-hybridized carbons (Fsp3) is 0.280. The Morgan fingerprint density at radius 1 is 1.06 bits per heavy atom. The highest BCUT2D eigenvalue weighted by Gasteiger charge is 2.23. The van der Waals surface area contributed by atoms with Crippen LogP contribution in [-0.4, -0.2) is 63.2 Å². The molecule has 35 heavy (non-hydrogen) atoms. The number of para-hydroxylation sites is 2. The average Bonchev–Trinajstić information content (AvgIpc) is 3.31. The van der Waals surface area contributed by atoms with Crippen molar-refractivity contribution in [1.29, 1.82) is 0 Å². The molecule has 0 radical (unpaired) electrons. The van der Waals surface area contributed by atoms with E-state index in [1.54, 1.807) is 11.0 Å². The van der Waals surface area contributed by atoms with Gasteiger partial charge in [-0.25, -0.2) is 9.78 Å². The Morgan fingerprint density at radius 2 is 1.80 bits per heavy atom. The molecule has 0 spiro atoms. The lowest BCUT2D eigenvalue weighted by molar-refractivity contribution is 0.142. The highest BCUT2D eigenvalue weighted by atomic mass is 32.1. The molecule has 1 N–H and O–H groups in total. The van der Waals surface area contributed by atoms with E-state index in [9.17, 15) is 9.59 Å². The number of fused-ring (bicyclic) bond motifs is 1. The molecule has 0 bridgehead atoms. The van der Waals surface area contributed by atoms with Crippen LogP contribution >= 0.6 is 11.3 Å². The molecule has 0 unspecified atom stereocenters. The number of nitrogens with zero attached hydrogens (tertiary/aromatic N) is 5. The van der Waals surface area contributed by atoms with Gasteiger partial charge in [0.05, 0.1) is 18.0 Å². The molecule has 10 heteroatoms.